The average Bonchev–Trinajstić information content (AvgIpc) is 3.06. The van der Waals surface area contributed by atoms with E-state index >= 15 is 0 Å². The van der Waals surface area contributed by atoms with E-state index in [2.05, 4.69) is 20.6 Å². The van der Waals surface area contributed by atoms with Gasteiger partial charge < -0.3 is 9.64 Å². The summed E-state index contributed by atoms with van der Waals surface area (Å²) in [5.41, 5.74) is -0.327. The molecule has 134 valence electrons. The van der Waals surface area contributed by atoms with Gasteiger partial charge in [-0.1, -0.05) is 25.2 Å². The molecule has 0 atom stereocenters. The summed E-state index contributed by atoms with van der Waals surface area (Å²) in [4.78, 5) is 26.2. The fourth-order valence-corrected chi connectivity index (χ4v) is 3.09. The lowest BCUT2D eigenvalue weighted by molar-refractivity contribution is -0.117. The van der Waals surface area contributed by atoms with Crippen LogP contribution in [0.3, 0.4) is 0 Å². The molecule has 3 heterocycles. The van der Waals surface area contributed by atoms with Crippen molar-refractivity contribution in [1.29, 1.82) is 0 Å². The second kappa shape index (κ2) is 7.70. The van der Waals surface area contributed by atoms with Gasteiger partial charge in [0.05, 0.1) is 13.2 Å². The molecule has 10 heteroatoms. The Hall–Kier alpha value is -2.33. The van der Waals surface area contributed by atoms with Gasteiger partial charge in [-0.15, -0.1) is 10.2 Å². The first kappa shape index (κ1) is 17.5. The number of nitrogens with one attached hydrogen (secondary N) is 1. The van der Waals surface area contributed by atoms with Gasteiger partial charge in [-0.05, 0) is 6.07 Å². The molecule has 9 nitrogen and oxygen atoms in total. The van der Waals surface area contributed by atoms with Gasteiger partial charge in [0.2, 0.25) is 11.0 Å². The average molecular weight is 364 g/mol. The molecule has 0 saturated carbocycles. The third-order valence-corrected chi connectivity index (χ3v) is 4.80. The van der Waals surface area contributed by atoms with Crippen molar-refractivity contribution in [2.75, 3.05) is 36.5 Å². The highest BCUT2D eigenvalue weighted by Crippen LogP contribution is 2.22. The van der Waals surface area contributed by atoms with Crippen LogP contribution in [0.4, 0.5) is 10.9 Å². The Morgan fingerprint density at radius 3 is 2.76 bits per heavy atom. The first-order valence-electron chi connectivity index (χ1n) is 8.07. The molecule has 0 bridgehead atoms. The van der Waals surface area contributed by atoms with Crippen LogP contribution < -0.4 is 15.8 Å². The largest absolute Gasteiger partial charge is 0.378 e. The van der Waals surface area contributed by atoms with Crippen LogP contribution in [0.2, 0.25) is 0 Å². The second-order valence-corrected chi connectivity index (χ2v) is 6.94. The number of carbonyl (C=O) groups is 1. The lowest BCUT2D eigenvalue weighted by Crippen LogP contribution is -2.38. The smallest absolute Gasteiger partial charge is 0.267 e. The molecule has 1 N–H and O–H groups in total. The van der Waals surface area contributed by atoms with E-state index in [1.165, 1.54) is 17.4 Å². The Bertz CT molecular complexity index is 797. The summed E-state index contributed by atoms with van der Waals surface area (Å²) in [5, 5.41) is 16.2. The van der Waals surface area contributed by atoms with Crippen LogP contribution >= 0.6 is 11.3 Å². The highest BCUT2D eigenvalue weighted by atomic mass is 32.1. The molecule has 2 aromatic heterocycles. The Morgan fingerprint density at radius 1 is 1.32 bits per heavy atom. The Balaban J connectivity index is 1.68. The van der Waals surface area contributed by atoms with Crippen LogP contribution in [-0.2, 0) is 16.1 Å². The van der Waals surface area contributed by atoms with Crippen LogP contribution in [-0.4, -0.2) is 52.2 Å². The number of rotatable bonds is 5. The zero-order valence-corrected chi connectivity index (χ0v) is 15.0. The molecule has 1 fully saturated rings. The van der Waals surface area contributed by atoms with Crippen LogP contribution in [0.25, 0.3) is 0 Å². The molecular weight excluding hydrogens is 344 g/mol. The van der Waals surface area contributed by atoms with Gasteiger partial charge in [0.1, 0.15) is 17.4 Å². The zero-order valence-electron chi connectivity index (χ0n) is 14.1. The molecule has 1 amide bonds. The molecule has 0 aliphatic carbocycles. The van der Waals surface area contributed by atoms with E-state index < -0.39 is 0 Å². The van der Waals surface area contributed by atoms with E-state index in [1.807, 2.05) is 18.7 Å². The van der Waals surface area contributed by atoms with Crippen LogP contribution in [0.15, 0.2) is 16.9 Å². The third kappa shape index (κ3) is 4.40. The van der Waals surface area contributed by atoms with Crippen LogP contribution in [0.1, 0.15) is 24.8 Å². The standard InChI is InChI=1S/C15H20N6O3S/c1-10(2)14-17-18-15(25-14)16-12(22)9-21-13(23)4-3-11(19-21)20-5-7-24-8-6-20/h3-4,10H,5-9H2,1-2H3,(H,16,18,22). The van der Waals surface area contributed by atoms with Crippen molar-refractivity contribution in [3.05, 3.63) is 27.5 Å². The lowest BCUT2D eigenvalue weighted by Gasteiger charge is -2.27. The molecule has 1 saturated heterocycles. The Morgan fingerprint density at radius 2 is 2.08 bits per heavy atom. The monoisotopic (exact) mass is 364 g/mol. The molecule has 0 spiro atoms. The first-order valence-corrected chi connectivity index (χ1v) is 8.88. The van der Waals surface area contributed by atoms with Crippen LogP contribution in [0.5, 0.6) is 0 Å². The quantitative estimate of drug-likeness (QED) is 0.833. The number of hydrogen-bond donors (Lipinski definition) is 1. The van der Waals surface area contributed by atoms with E-state index in [1.54, 1.807) is 6.07 Å². The van der Waals surface area contributed by atoms with E-state index in [-0.39, 0.29) is 23.9 Å². The number of morpholine rings is 1. The van der Waals surface area contributed by atoms with Crippen molar-refractivity contribution in [2.45, 2.75) is 26.3 Å². The summed E-state index contributed by atoms with van der Waals surface area (Å²) in [7, 11) is 0. The van der Waals surface area contributed by atoms with Crippen molar-refractivity contribution in [1.82, 2.24) is 20.0 Å². The molecular formula is C15H20N6O3S. The molecule has 0 aromatic carbocycles. The number of hydrogen-bond acceptors (Lipinski definition) is 8. The minimum Gasteiger partial charge on any atom is -0.378 e. The number of nitrogens with zero attached hydrogens (tertiary/aromatic N) is 5. The summed E-state index contributed by atoms with van der Waals surface area (Å²) in [6, 6.07) is 3.09. The van der Waals surface area contributed by atoms with Crippen molar-refractivity contribution in [3.8, 4) is 0 Å². The van der Waals surface area contributed by atoms with E-state index in [9.17, 15) is 9.59 Å². The van der Waals surface area contributed by atoms with Crippen molar-refractivity contribution in [3.63, 3.8) is 0 Å². The van der Waals surface area contributed by atoms with Gasteiger partial charge in [0, 0.05) is 25.1 Å². The SMILES string of the molecule is CC(C)c1nnc(NC(=O)Cn2nc(N3CCOCC3)ccc2=O)s1. The van der Waals surface area contributed by atoms with Gasteiger partial charge >= 0.3 is 0 Å². The molecule has 25 heavy (non-hydrogen) atoms. The summed E-state index contributed by atoms with van der Waals surface area (Å²) in [5.74, 6) is 0.548. The molecule has 0 radical (unpaired) electrons. The summed E-state index contributed by atoms with van der Waals surface area (Å²) in [6.45, 7) is 6.50. The van der Waals surface area contributed by atoms with Crippen molar-refractivity contribution >= 4 is 28.2 Å². The number of ether oxygens (including phenoxy) is 1. The fourth-order valence-electron chi connectivity index (χ4n) is 2.33. The predicted octanol–water partition coefficient (Wildman–Crippen LogP) is 0.693. The van der Waals surface area contributed by atoms with E-state index in [0.717, 1.165) is 9.69 Å². The predicted molar refractivity (Wildman–Crippen MR) is 94.2 cm³/mol. The summed E-state index contributed by atoms with van der Waals surface area (Å²) < 4.78 is 6.47. The first-order chi connectivity index (χ1) is 12.0. The maximum absolute atomic E-state index is 12.2. The molecule has 1 aliphatic rings. The maximum atomic E-state index is 12.2. The highest BCUT2D eigenvalue weighted by Gasteiger charge is 2.15. The maximum Gasteiger partial charge on any atom is 0.267 e. The van der Waals surface area contributed by atoms with E-state index in [4.69, 9.17) is 4.74 Å². The second-order valence-electron chi connectivity index (χ2n) is 5.94. The normalized spacial score (nSPS) is 14.8. The van der Waals surface area contributed by atoms with Gasteiger partial charge in [0.15, 0.2) is 0 Å². The molecule has 1 aliphatic heterocycles. The Kier molecular flexibility index (Phi) is 5.39. The minimum atomic E-state index is -0.361. The topological polar surface area (TPSA) is 102 Å². The van der Waals surface area contributed by atoms with Gasteiger partial charge in [-0.25, -0.2) is 4.68 Å². The molecule has 0 unspecified atom stereocenters. The lowest BCUT2D eigenvalue weighted by atomic mass is 10.2. The number of aromatic nitrogens is 4. The van der Waals surface area contributed by atoms with E-state index in [0.29, 0.717) is 37.3 Å². The fraction of sp³-hybridized carbons (Fsp3) is 0.533. The molecule has 3 rings (SSSR count). The highest BCUT2D eigenvalue weighted by molar-refractivity contribution is 7.15. The van der Waals surface area contributed by atoms with Gasteiger partial charge in [-0.2, -0.15) is 5.10 Å². The summed E-state index contributed by atoms with van der Waals surface area (Å²) in [6.07, 6.45) is 0. The third-order valence-electron chi connectivity index (χ3n) is 3.66. The Labute approximate surface area is 148 Å². The van der Waals surface area contributed by atoms with Gasteiger partial charge in [0.25, 0.3) is 5.56 Å². The summed E-state index contributed by atoms with van der Waals surface area (Å²) >= 11 is 1.33. The number of amides is 1. The van der Waals surface area contributed by atoms with Crippen LogP contribution in [0, 0.1) is 0 Å². The zero-order chi connectivity index (χ0) is 17.8. The van der Waals surface area contributed by atoms with Crippen molar-refractivity contribution in [2.24, 2.45) is 0 Å². The molecule has 2 aromatic rings. The van der Waals surface area contributed by atoms with Crippen molar-refractivity contribution < 1.29 is 9.53 Å². The minimum absolute atomic E-state index is 0.173. The number of anilines is 2. The number of carbonyl (C=O) groups excluding carboxylic acids is 1. The van der Waals surface area contributed by atoms with Gasteiger partial charge in [-0.3, -0.25) is 14.9 Å².